The van der Waals surface area contributed by atoms with Gasteiger partial charge >= 0.3 is 0 Å². The molecule has 6 nitrogen and oxygen atoms in total. The second kappa shape index (κ2) is 12.1. The number of nitrogens with one attached hydrogen (secondary N) is 1. The highest BCUT2D eigenvalue weighted by Gasteiger charge is 2.32. The van der Waals surface area contributed by atoms with Crippen molar-refractivity contribution in [3.8, 4) is 11.5 Å². The SMILES string of the molecule is CCCO[C@@H]1C[C@@H](C(=O)NCCc2cc(OC)cc(OC)c2)CC[C@H]1N.Cl. The minimum atomic E-state index is -0.0171. The molecule has 0 aliphatic heterocycles. The monoisotopic (exact) mass is 400 g/mol. The van der Waals surface area contributed by atoms with Gasteiger partial charge in [0.1, 0.15) is 11.5 Å². The molecule has 154 valence electrons. The first-order valence-corrected chi connectivity index (χ1v) is 9.44. The zero-order valence-corrected chi connectivity index (χ0v) is 17.3. The lowest BCUT2D eigenvalue weighted by Crippen LogP contribution is -2.46. The van der Waals surface area contributed by atoms with Crippen LogP contribution >= 0.6 is 12.4 Å². The van der Waals surface area contributed by atoms with Crippen molar-refractivity contribution in [2.24, 2.45) is 11.7 Å². The first kappa shape index (κ1) is 23.5. The number of amides is 1. The van der Waals surface area contributed by atoms with E-state index in [1.807, 2.05) is 18.2 Å². The van der Waals surface area contributed by atoms with E-state index >= 15 is 0 Å². The van der Waals surface area contributed by atoms with Gasteiger partial charge in [-0.25, -0.2) is 0 Å². The van der Waals surface area contributed by atoms with Crippen molar-refractivity contribution in [3.05, 3.63) is 23.8 Å². The second-order valence-corrected chi connectivity index (χ2v) is 6.85. The van der Waals surface area contributed by atoms with Gasteiger partial charge in [-0.2, -0.15) is 0 Å². The van der Waals surface area contributed by atoms with Crippen molar-refractivity contribution in [1.29, 1.82) is 0 Å². The van der Waals surface area contributed by atoms with Crippen LogP contribution in [-0.4, -0.2) is 45.4 Å². The summed E-state index contributed by atoms with van der Waals surface area (Å²) in [6, 6.07) is 5.80. The van der Waals surface area contributed by atoms with E-state index in [0.717, 1.165) is 42.7 Å². The Balaban J connectivity index is 0.00000364. The third kappa shape index (κ3) is 7.20. The predicted octanol–water partition coefficient (Wildman–Crippen LogP) is 2.71. The molecule has 0 unspecified atom stereocenters. The summed E-state index contributed by atoms with van der Waals surface area (Å²) in [4.78, 5) is 12.5. The number of carbonyl (C=O) groups excluding carboxylic acids is 1. The lowest BCUT2D eigenvalue weighted by atomic mass is 9.83. The molecular weight excluding hydrogens is 368 g/mol. The van der Waals surface area contributed by atoms with Gasteiger partial charge in [0.2, 0.25) is 5.91 Å². The molecule has 3 N–H and O–H groups in total. The van der Waals surface area contributed by atoms with Crippen molar-refractivity contribution in [1.82, 2.24) is 5.32 Å². The summed E-state index contributed by atoms with van der Waals surface area (Å²) in [6.07, 6.45) is 4.04. The van der Waals surface area contributed by atoms with Gasteiger partial charge in [0.25, 0.3) is 0 Å². The maximum atomic E-state index is 12.5. The van der Waals surface area contributed by atoms with Crippen LogP contribution in [0.3, 0.4) is 0 Å². The van der Waals surface area contributed by atoms with Crippen LogP contribution < -0.4 is 20.5 Å². The third-order valence-corrected chi connectivity index (χ3v) is 4.87. The number of halogens is 1. The average Bonchev–Trinajstić information content (AvgIpc) is 2.66. The van der Waals surface area contributed by atoms with E-state index in [1.165, 1.54) is 0 Å². The lowest BCUT2D eigenvalue weighted by Gasteiger charge is -2.33. The van der Waals surface area contributed by atoms with Crippen LogP contribution in [0.4, 0.5) is 0 Å². The van der Waals surface area contributed by atoms with E-state index in [9.17, 15) is 4.79 Å². The summed E-state index contributed by atoms with van der Waals surface area (Å²) in [5, 5.41) is 3.05. The first-order chi connectivity index (χ1) is 12.6. The molecule has 1 saturated carbocycles. The summed E-state index contributed by atoms with van der Waals surface area (Å²) in [7, 11) is 3.26. The Bertz CT molecular complexity index is 563. The summed E-state index contributed by atoms with van der Waals surface area (Å²) < 4.78 is 16.4. The van der Waals surface area contributed by atoms with E-state index in [-0.39, 0.29) is 36.4 Å². The van der Waals surface area contributed by atoms with Crippen LogP contribution in [0.15, 0.2) is 18.2 Å². The highest BCUT2D eigenvalue weighted by molar-refractivity contribution is 5.85. The van der Waals surface area contributed by atoms with Crippen LogP contribution in [0.5, 0.6) is 11.5 Å². The maximum Gasteiger partial charge on any atom is 0.223 e. The standard InChI is InChI=1S/C20H32N2O4.ClH/c1-4-9-26-19-12-15(5-6-18(19)21)20(23)22-8-7-14-10-16(24-2)13-17(11-14)25-3;/h10-11,13,15,18-19H,4-9,12,21H2,1-3H3,(H,22,23);1H/t15-,18+,19+;/m0./s1. The number of hydrogen-bond acceptors (Lipinski definition) is 5. The Kier molecular flexibility index (Phi) is 10.5. The molecule has 1 fully saturated rings. The summed E-state index contributed by atoms with van der Waals surface area (Å²) in [6.45, 7) is 3.36. The van der Waals surface area contributed by atoms with Crippen LogP contribution in [0, 0.1) is 5.92 Å². The second-order valence-electron chi connectivity index (χ2n) is 6.85. The molecule has 1 aromatic rings. The van der Waals surface area contributed by atoms with Crippen molar-refractivity contribution >= 4 is 18.3 Å². The lowest BCUT2D eigenvalue weighted by molar-refractivity contribution is -0.128. The number of carbonyl (C=O) groups is 1. The van der Waals surface area contributed by atoms with Gasteiger partial charge in [0.15, 0.2) is 0 Å². The van der Waals surface area contributed by atoms with Gasteiger partial charge in [0, 0.05) is 31.2 Å². The minimum absolute atomic E-state index is 0. The van der Waals surface area contributed by atoms with Gasteiger partial charge < -0.3 is 25.3 Å². The van der Waals surface area contributed by atoms with Crippen LogP contribution in [0.1, 0.15) is 38.2 Å². The predicted molar refractivity (Wildman–Crippen MR) is 109 cm³/mol. The fourth-order valence-corrected chi connectivity index (χ4v) is 3.34. The number of benzene rings is 1. The summed E-state index contributed by atoms with van der Waals surface area (Å²) in [5.74, 6) is 1.58. The molecule has 2 rings (SSSR count). The third-order valence-electron chi connectivity index (χ3n) is 4.87. The minimum Gasteiger partial charge on any atom is -0.497 e. The molecule has 0 bridgehead atoms. The highest BCUT2D eigenvalue weighted by atomic mass is 35.5. The average molecular weight is 401 g/mol. The molecule has 27 heavy (non-hydrogen) atoms. The zero-order chi connectivity index (χ0) is 18.9. The van der Waals surface area contributed by atoms with Gasteiger partial charge in [-0.05, 0) is 49.8 Å². The molecule has 1 aromatic carbocycles. The van der Waals surface area contributed by atoms with Crippen molar-refractivity contribution in [2.75, 3.05) is 27.4 Å². The quantitative estimate of drug-likeness (QED) is 0.665. The number of hydrogen-bond donors (Lipinski definition) is 2. The normalized spacial score (nSPS) is 21.9. The number of methoxy groups -OCH3 is 2. The van der Waals surface area contributed by atoms with E-state index in [2.05, 4.69) is 12.2 Å². The summed E-state index contributed by atoms with van der Waals surface area (Å²) >= 11 is 0. The van der Waals surface area contributed by atoms with Crippen molar-refractivity contribution in [2.45, 2.75) is 51.2 Å². The molecule has 0 spiro atoms. The summed E-state index contributed by atoms with van der Waals surface area (Å²) in [5.41, 5.74) is 7.20. The van der Waals surface area contributed by atoms with E-state index in [1.54, 1.807) is 14.2 Å². The van der Waals surface area contributed by atoms with Gasteiger partial charge in [-0.15, -0.1) is 12.4 Å². The van der Waals surface area contributed by atoms with E-state index in [0.29, 0.717) is 19.6 Å². The molecule has 1 aliphatic rings. The largest absolute Gasteiger partial charge is 0.497 e. The Morgan fingerprint density at radius 1 is 1.19 bits per heavy atom. The van der Waals surface area contributed by atoms with Crippen LogP contribution in [-0.2, 0) is 16.0 Å². The van der Waals surface area contributed by atoms with Gasteiger partial charge in [-0.3, -0.25) is 4.79 Å². The Labute approximate surface area is 168 Å². The van der Waals surface area contributed by atoms with Crippen molar-refractivity contribution in [3.63, 3.8) is 0 Å². The zero-order valence-electron chi connectivity index (χ0n) is 16.5. The smallest absolute Gasteiger partial charge is 0.223 e. The molecule has 0 heterocycles. The number of ether oxygens (including phenoxy) is 3. The topological polar surface area (TPSA) is 82.8 Å². The molecule has 3 atom stereocenters. The molecule has 0 saturated heterocycles. The Morgan fingerprint density at radius 3 is 2.44 bits per heavy atom. The van der Waals surface area contributed by atoms with Crippen LogP contribution in [0.2, 0.25) is 0 Å². The van der Waals surface area contributed by atoms with E-state index in [4.69, 9.17) is 19.9 Å². The molecule has 0 aromatic heterocycles. The molecule has 1 aliphatic carbocycles. The van der Waals surface area contributed by atoms with Crippen LogP contribution in [0.25, 0.3) is 0 Å². The number of rotatable bonds is 9. The van der Waals surface area contributed by atoms with Gasteiger partial charge in [-0.1, -0.05) is 6.92 Å². The maximum absolute atomic E-state index is 12.5. The Morgan fingerprint density at radius 2 is 1.85 bits per heavy atom. The van der Waals surface area contributed by atoms with E-state index < -0.39 is 0 Å². The molecule has 0 radical (unpaired) electrons. The number of nitrogens with two attached hydrogens (primary N) is 1. The molecule has 7 heteroatoms. The fourth-order valence-electron chi connectivity index (χ4n) is 3.34. The molecular formula is C20H33ClN2O4. The van der Waals surface area contributed by atoms with Gasteiger partial charge in [0.05, 0.1) is 20.3 Å². The highest BCUT2D eigenvalue weighted by Crippen LogP contribution is 2.26. The fraction of sp³-hybridized carbons (Fsp3) is 0.650. The Hall–Kier alpha value is -1.50. The van der Waals surface area contributed by atoms with Crippen molar-refractivity contribution < 1.29 is 19.0 Å². The molecule has 1 amide bonds. The first-order valence-electron chi connectivity index (χ1n) is 9.44.